The summed E-state index contributed by atoms with van der Waals surface area (Å²) in [5.41, 5.74) is 2.50. The fourth-order valence-corrected chi connectivity index (χ4v) is 6.92. The van der Waals surface area contributed by atoms with E-state index >= 15 is 0 Å². The van der Waals surface area contributed by atoms with Gasteiger partial charge in [-0.1, -0.05) is 0 Å². The first-order chi connectivity index (χ1) is 18.1. The Kier molecular flexibility index (Phi) is 9.91. The van der Waals surface area contributed by atoms with Crippen LogP contribution in [0.5, 0.6) is 17.2 Å². The second kappa shape index (κ2) is 12.6. The SMILES string of the molecule is COc1ccc2nc([S+]([O-])Cc3ncc(C)c(OC)c3C)n(S(=O)(=O)c3ccc(OCC(=O)O)cc3)c2c1.[NaH]. The Hall–Kier alpha value is -2.81. The molecule has 1 N–H and O–H groups in total. The summed E-state index contributed by atoms with van der Waals surface area (Å²) < 4.78 is 58.1. The molecule has 0 fully saturated rings. The summed E-state index contributed by atoms with van der Waals surface area (Å²) in [5.74, 6) is -0.0707. The van der Waals surface area contributed by atoms with Gasteiger partial charge in [-0.3, -0.25) is 4.98 Å². The molecule has 2 aromatic carbocycles. The van der Waals surface area contributed by atoms with Crippen molar-refractivity contribution in [1.29, 1.82) is 0 Å². The van der Waals surface area contributed by atoms with Gasteiger partial charge in [0.2, 0.25) is 0 Å². The molecule has 2 aromatic heterocycles. The van der Waals surface area contributed by atoms with Gasteiger partial charge in [-0.2, -0.15) is 8.96 Å². The number of pyridine rings is 1. The fourth-order valence-electron chi connectivity index (χ4n) is 3.88. The summed E-state index contributed by atoms with van der Waals surface area (Å²) >= 11 is -1.92. The number of hydrogen-bond acceptors (Lipinski definition) is 9. The van der Waals surface area contributed by atoms with E-state index in [-0.39, 0.29) is 56.6 Å². The zero-order chi connectivity index (χ0) is 27.6. The standard InChI is InChI=1S/C25H25N3O8S2.Na.H/c1-15-12-26-21(16(2)24(15)35-4)14-37(31)25-27-20-10-7-18(34-3)11-22(20)28(25)38(32,33)19-8-5-17(6-9-19)36-13-23(29)30;;/h5-12H,13-14H2,1-4H3,(H,29,30);;. The summed E-state index contributed by atoms with van der Waals surface area (Å²) in [6.07, 6.45) is 1.61. The fraction of sp³-hybridized carbons (Fsp3) is 0.240. The van der Waals surface area contributed by atoms with Gasteiger partial charge in [-0.25, -0.2) is 13.2 Å². The number of imidazole rings is 1. The zero-order valence-corrected chi connectivity index (χ0v) is 22.6. The number of benzene rings is 2. The Morgan fingerprint density at radius 2 is 1.74 bits per heavy atom. The quantitative estimate of drug-likeness (QED) is 0.218. The average Bonchev–Trinajstić information content (AvgIpc) is 3.29. The van der Waals surface area contributed by atoms with Crippen LogP contribution < -0.4 is 14.2 Å². The third kappa shape index (κ3) is 6.34. The van der Waals surface area contributed by atoms with E-state index in [1.54, 1.807) is 25.3 Å². The maximum atomic E-state index is 13.9. The van der Waals surface area contributed by atoms with Gasteiger partial charge in [0.1, 0.15) is 17.2 Å². The minimum absolute atomic E-state index is 0. The monoisotopic (exact) mass is 583 g/mol. The second-order valence-corrected chi connectivity index (χ2v) is 11.3. The summed E-state index contributed by atoms with van der Waals surface area (Å²) in [6, 6.07) is 9.97. The second-order valence-electron chi connectivity index (χ2n) is 8.21. The van der Waals surface area contributed by atoms with E-state index in [0.29, 0.717) is 28.3 Å². The van der Waals surface area contributed by atoms with Crippen LogP contribution in [-0.4, -0.2) is 88.4 Å². The molecule has 2 heterocycles. The Bertz CT molecular complexity index is 1610. The molecule has 4 rings (SSSR count). The molecule has 202 valence electrons. The van der Waals surface area contributed by atoms with Crippen molar-refractivity contribution in [2.45, 2.75) is 29.7 Å². The average molecular weight is 584 g/mol. The molecule has 14 heteroatoms. The number of aliphatic carboxylic acids is 1. The van der Waals surface area contributed by atoms with Gasteiger partial charge < -0.3 is 23.9 Å². The van der Waals surface area contributed by atoms with Crippen LogP contribution in [0.1, 0.15) is 16.8 Å². The molecule has 0 aliphatic heterocycles. The number of hydrogen-bond donors (Lipinski definition) is 1. The number of carboxylic acids is 1. The van der Waals surface area contributed by atoms with Crippen molar-refractivity contribution in [2.75, 3.05) is 20.8 Å². The Labute approximate surface area is 250 Å². The first-order valence-corrected chi connectivity index (χ1v) is 14.0. The molecule has 0 aliphatic rings. The number of ether oxygens (including phenoxy) is 3. The van der Waals surface area contributed by atoms with E-state index in [1.165, 1.54) is 44.6 Å². The molecule has 4 aromatic rings. The third-order valence-electron chi connectivity index (χ3n) is 5.74. The van der Waals surface area contributed by atoms with E-state index < -0.39 is 33.8 Å². The van der Waals surface area contributed by atoms with E-state index in [9.17, 15) is 17.8 Å². The topological polar surface area (TPSA) is 153 Å². The van der Waals surface area contributed by atoms with Gasteiger partial charge in [0, 0.05) is 34.6 Å². The number of nitrogens with zero attached hydrogens (tertiary/aromatic N) is 3. The number of carboxylic acid groups (broad SMARTS) is 1. The molecule has 0 amide bonds. The van der Waals surface area contributed by atoms with E-state index in [0.717, 1.165) is 9.54 Å². The molecule has 0 aliphatic carbocycles. The summed E-state index contributed by atoms with van der Waals surface area (Å²) in [6.45, 7) is 3.07. The van der Waals surface area contributed by atoms with Gasteiger partial charge in [-0.05, 0) is 50.2 Å². The predicted molar refractivity (Wildman–Crippen MR) is 146 cm³/mol. The van der Waals surface area contributed by atoms with Crippen LogP contribution in [0.15, 0.2) is 58.7 Å². The zero-order valence-electron chi connectivity index (χ0n) is 21.0. The molecule has 0 saturated carbocycles. The molecule has 0 bridgehead atoms. The van der Waals surface area contributed by atoms with Gasteiger partial charge >= 0.3 is 40.7 Å². The van der Waals surface area contributed by atoms with E-state index in [2.05, 4.69) is 9.97 Å². The maximum absolute atomic E-state index is 13.9. The van der Waals surface area contributed by atoms with Crippen LogP contribution in [0.4, 0.5) is 0 Å². The van der Waals surface area contributed by atoms with Gasteiger partial charge in [0.05, 0.1) is 35.8 Å². The Morgan fingerprint density at radius 1 is 1.08 bits per heavy atom. The van der Waals surface area contributed by atoms with Gasteiger partial charge in [0.15, 0.2) is 12.4 Å². The minimum atomic E-state index is -4.30. The first-order valence-electron chi connectivity index (χ1n) is 11.2. The predicted octanol–water partition coefficient (Wildman–Crippen LogP) is 2.43. The molecule has 39 heavy (non-hydrogen) atoms. The van der Waals surface area contributed by atoms with Crippen LogP contribution in [0.2, 0.25) is 0 Å². The number of rotatable bonds is 10. The van der Waals surface area contributed by atoms with Crippen molar-refractivity contribution in [1.82, 2.24) is 13.9 Å². The van der Waals surface area contributed by atoms with Crippen molar-refractivity contribution in [3.63, 3.8) is 0 Å². The third-order valence-corrected chi connectivity index (χ3v) is 8.79. The van der Waals surface area contributed by atoms with Crippen molar-refractivity contribution < 1.29 is 37.1 Å². The Balaban J connectivity index is 0.00000420. The summed E-state index contributed by atoms with van der Waals surface area (Å²) in [4.78, 5) is 19.4. The molecule has 1 atom stereocenters. The van der Waals surface area contributed by atoms with Gasteiger partial charge in [0.25, 0.3) is 10.0 Å². The van der Waals surface area contributed by atoms with Gasteiger partial charge in [-0.15, -0.1) is 0 Å². The Morgan fingerprint density at radius 3 is 2.36 bits per heavy atom. The number of fused-ring (bicyclic) bond motifs is 1. The van der Waals surface area contributed by atoms with Crippen LogP contribution in [0, 0.1) is 13.8 Å². The number of methoxy groups -OCH3 is 2. The molecule has 11 nitrogen and oxygen atoms in total. The van der Waals surface area contributed by atoms with Crippen LogP contribution in [-0.2, 0) is 31.7 Å². The molecule has 0 spiro atoms. The van der Waals surface area contributed by atoms with Crippen LogP contribution >= 0.6 is 0 Å². The van der Waals surface area contributed by atoms with Crippen molar-refractivity contribution in [3.05, 3.63) is 65.5 Å². The molecular weight excluding hydrogens is 557 g/mol. The normalized spacial score (nSPS) is 12.0. The first kappa shape index (κ1) is 30.7. The number of carbonyl (C=O) groups is 1. The van der Waals surface area contributed by atoms with E-state index in [4.69, 9.17) is 19.3 Å². The van der Waals surface area contributed by atoms with Crippen LogP contribution in [0.3, 0.4) is 0 Å². The molecule has 0 radical (unpaired) electrons. The van der Waals surface area contributed by atoms with Crippen molar-refractivity contribution >= 4 is 67.8 Å². The summed E-state index contributed by atoms with van der Waals surface area (Å²) in [7, 11) is -1.32. The molecular formula is C25H26N3NaO8S2. The van der Waals surface area contributed by atoms with Crippen LogP contribution in [0.25, 0.3) is 11.0 Å². The molecule has 0 saturated heterocycles. The summed E-state index contributed by atoms with van der Waals surface area (Å²) in [5, 5.41) is 8.61. The van der Waals surface area contributed by atoms with Crippen molar-refractivity contribution in [2.24, 2.45) is 0 Å². The van der Waals surface area contributed by atoms with Crippen molar-refractivity contribution in [3.8, 4) is 17.2 Å². The number of aryl methyl sites for hydroxylation is 1. The number of aromatic nitrogens is 3. The van der Waals surface area contributed by atoms with E-state index in [1.807, 2.05) is 6.92 Å². The molecule has 1 unspecified atom stereocenters.